The number of carbonyl (C=O) groups is 1. The first-order valence-corrected chi connectivity index (χ1v) is 7.27. The summed E-state index contributed by atoms with van der Waals surface area (Å²) in [5.74, 6) is -0.157. The molecule has 0 heterocycles. The highest BCUT2D eigenvalue weighted by molar-refractivity contribution is 5.77. The van der Waals surface area contributed by atoms with Crippen LogP contribution in [0.2, 0.25) is 0 Å². The average Bonchev–Trinajstić information content (AvgIpc) is 2.43. The van der Waals surface area contributed by atoms with Crippen molar-refractivity contribution in [2.45, 2.75) is 45.7 Å². The van der Waals surface area contributed by atoms with Gasteiger partial charge in [-0.3, -0.25) is 4.79 Å². The fraction of sp³-hybridized carbons (Fsp3) is 0.562. The highest BCUT2D eigenvalue weighted by atomic mass is 19.1. The molecule has 1 amide bonds. The van der Waals surface area contributed by atoms with E-state index in [4.69, 9.17) is 10.5 Å². The van der Waals surface area contributed by atoms with Crippen LogP contribution in [-0.2, 0) is 11.2 Å². The second-order valence-corrected chi connectivity index (χ2v) is 5.55. The van der Waals surface area contributed by atoms with Crippen molar-refractivity contribution in [2.24, 2.45) is 5.73 Å². The van der Waals surface area contributed by atoms with Gasteiger partial charge < -0.3 is 15.4 Å². The monoisotopic (exact) mass is 296 g/mol. The van der Waals surface area contributed by atoms with Gasteiger partial charge in [0.15, 0.2) is 6.61 Å². The molecule has 1 aromatic carbocycles. The molecule has 5 heteroatoms. The van der Waals surface area contributed by atoms with E-state index >= 15 is 0 Å². The molecule has 0 saturated carbocycles. The molecule has 0 aromatic heterocycles. The molecule has 0 saturated heterocycles. The average molecular weight is 296 g/mol. The lowest BCUT2D eigenvalue weighted by Crippen LogP contribution is -2.36. The molecule has 1 unspecified atom stereocenters. The summed E-state index contributed by atoms with van der Waals surface area (Å²) in [5.41, 5.74) is 6.66. The smallest absolute Gasteiger partial charge is 0.260 e. The maximum absolute atomic E-state index is 13.6. The molecule has 2 N–H and O–H groups in total. The van der Waals surface area contributed by atoms with Gasteiger partial charge in [-0.2, -0.15) is 0 Å². The number of benzene rings is 1. The first-order chi connectivity index (χ1) is 9.83. The fourth-order valence-corrected chi connectivity index (χ4v) is 1.80. The van der Waals surface area contributed by atoms with Crippen molar-refractivity contribution in [3.63, 3.8) is 0 Å². The Morgan fingerprint density at radius 3 is 2.62 bits per heavy atom. The number of carbonyl (C=O) groups excluding carboxylic acids is 1. The van der Waals surface area contributed by atoms with Gasteiger partial charge in [0.1, 0.15) is 11.6 Å². The molecule has 21 heavy (non-hydrogen) atoms. The normalized spacial score (nSPS) is 12.3. The lowest BCUT2D eigenvalue weighted by molar-refractivity contribution is -0.133. The highest BCUT2D eigenvalue weighted by Gasteiger charge is 2.13. The van der Waals surface area contributed by atoms with Crippen molar-refractivity contribution in [3.05, 3.63) is 29.6 Å². The van der Waals surface area contributed by atoms with Crippen LogP contribution in [0.25, 0.3) is 0 Å². The van der Waals surface area contributed by atoms with Crippen LogP contribution in [0.4, 0.5) is 4.39 Å². The summed E-state index contributed by atoms with van der Waals surface area (Å²) in [7, 11) is 1.72. The van der Waals surface area contributed by atoms with Crippen molar-refractivity contribution < 1.29 is 13.9 Å². The van der Waals surface area contributed by atoms with E-state index in [1.807, 2.05) is 20.8 Å². The van der Waals surface area contributed by atoms with Crippen molar-refractivity contribution in [3.8, 4) is 5.75 Å². The molecule has 0 bridgehead atoms. The first-order valence-electron chi connectivity index (χ1n) is 7.27. The molecule has 0 spiro atoms. The highest BCUT2D eigenvalue weighted by Crippen LogP contribution is 2.18. The van der Waals surface area contributed by atoms with Crippen LogP contribution in [-0.4, -0.2) is 36.5 Å². The Hall–Kier alpha value is -1.62. The maximum atomic E-state index is 13.6. The number of hydrogen-bond donors (Lipinski definition) is 1. The van der Waals surface area contributed by atoms with Gasteiger partial charge >= 0.3 is 0 Å². The standard InChI is InChI=1S/C16H25FN2O2/c1-5-14(18)7-12-6-13(17)9-15(8-12)21-10-16(20)19(4)11(2)3/h6,8-9,11,14H,5,7,10,18H2,1-4H3. The molecule has 1 rings (SSSR count). The molecule has 1 aromatic rings. The summed E-state index contributed by atoms with van der Waals surface area (Å²) in [6.45, 7) is 5.73. The summed E-state index contributed by atoms with van der Waals surface area (Å²) in [6.07, 6.45) is 1.41. The Kier molecular flexibility index (Phi) is 6.62. The van der Waals surface area contributed by atoms with Crippen LogP contribution >= 0.6 is 0 Å². The summed E-state index contributed by atoms with van der Waals surface area (Å²) in [6, 6.07) is 4.56. The van der Waals surface area contributed by atoms with Crippen molar-refractivity contribution in [1.82, 2.24) is 4.90 Å². The van der Waals surface area contributed by atoms with Crippen LogP contribution in [0.1, 0.15) is 32.8 Å². The lowest BCUT2D eigenvalue weighted by Gasteiger charge is -2.21. The SMILES string of the molecule is CCC(N)Cc1cc(F)cc(OCC(=O)N(C)C(C)C)c1. The zero-order valence-electron chi connectivity index (χ0n) is 13.2. The Balaban J connectivity index is 2.69. The van der Waals surface area contributed by atoms with Crippen LogP contribution in [0, 0.1) is 5.82 Å². The Morgan fingerprint density at radius 1 is 1.38 bits per heavy atom. The number of rotatable bonds is 7. The minimum atomic E-state index is -0.379. The predicted octanol–water partition coefficient (Wildman–Crippen LogP) is 2.35. The predicted molar refractivity (Wildman–Crippen MR) is 81.8 cm³/mol. The first kappa shape index (κ1) is 17.4. The largest absolute Gasteiger partial charge is 0.484 e. The summed E-state index contributed by atoms with van der Waals surface area (Å²) >= 11 is 0. The van der Waals surface area contributed by atoms with Gasteiger partial charge in [0.25, 0.3) is 5.91 Å². The van der Waals surface area contributed by atoms with E-state index in [0.717, 1.165) is 12.0 Å². The van der Waals surface area contributed by atoms with Crippen molar-refractivity contribution in [1.29, 1.82) is 0 Å². The van der Waals surface area contributed by atoms with Gasteiger partial charge in [-0.25, -0.2) is 4.39 Å². The zero-order chi connectivity index (χ0) is 16.0. The number of nitrogens with two attached hydrogens (primary N) is 1. The summed E-state index contributed by atoms with van der Waals surface area (Å²) in [5, 5.41) is 0. The lowest BCUT2D eigenvalue weighted by atomic mass is 10.0. The van der Waals surface area contributed by atoms with E-state index in [2.05, 4.69) is 0 Å². The molecule has 0 aliphatic carbocycles. The molecule has 0 fully saturated rings. The minimum Gasteiger partial charge on any atom is -0.484 e. The number of nitrogens with zero attached hydrogens (tertiary/aromatic N) is 1. The van der Waals surface area contributed by atoms with Crippen molar-refractivity contribution in [2.75, 3.05) is 13.7 Å². The maximum Gasteiger partial charge on any atom is 0.260 e. The van der Waals surface area contributed by atoms with E-state index in [0.29, 0.717) is 12.2 Å². The Morgan fingerprint density at radius 2 is 2.05 bits per heavy atom. The fourth-order valence-electron chi connectivity index (χ4n) is 1.80. The molecular formula is C16H25FN2O2. The number of hydrogen-bond acceptors (Lipinski definition) is 3. The second kappa shape index (κ2) is 7.98. The summed E-state index contributed by atoms with van der Waals surface area (Å²) < 4.78 is 19.0. The van der Waals surface area contributed by atoms with E-state index in [9.17, 15) is 9.18 Å². The van der Waals surface area contributed by atoms with E-state index < -0.39 is 0 Å². The second-order valence-electron chi connectivity index (χ2n) is 5.55. The Labute approximate surface area is 126 Å². The number of halogens is 1. The summed E-state index contributed by atoms with van der Waals surface area (Å²) in [4.78, 5) is 13.4. The quantitative estimate of drug-likeness (QED) is 0.840. The molecule has 1 atom stereocenters. The Bertz CT molecular complexity index is 477. The van der Waals surface area contributed by atoms with Gasteiger partial charge in [-0.05, 0) is 44.4 Å². The molecule has 4 nitrogen and oxygen atoms in total. The van der Waals surface area contributed by atoms with Gasteiger partial charge in [0.2, 0.25) is 0 Å². The van der Waals surface area contributed by atoms with Crippen LogP contribution in [0.3, 0.4) is 0 Å². The molecule has 0 aliphatic rings. The van der Waals surface area contributed by atoms with Crippen molar-refractivity contribution >= 4 is 5.91 Å². The third-order valence-corrected chi connectivity index (χ3v) is 3.48. The number of amides is 1. The van der Waals surface area contributed by atoms with Gasteiger partial charge in [0, 0.05) is 25.2 Å². The van der Waals surface area contributed by atoms with E-state index in [-0.39, 0.29) is 30.4 Å². The third-order valence-electron chi connectivity index (χ3n) is 3.48. The third kappa shape index (κ3) is 5.71. The topological polar surface area (TPSA) is 55.6 Å². The molecule has 0 radical (unpaired) electrons. The minimum absolute atomic E-state index is 0.00615. The van der Waals surface area contributed by atoms with E-state index in [1.165, 1.54) is 12.1 Å². The zero-order valence-corrected chi connectivity index (χ0v) is 13.2. The molecular weight excluding hydrogens is 271 g/mol. The number of likely N-dealkylation sites (N-methyl/N-ethyl adjacent to an activating group) is 1. The number of ether oxygens (including phenoxy) is 1. The van der Waals surface area contributed by atoms with Gasteiger partial charge in [-0.15, -0.1) is 0 Å². The molecule has 118 valence electrons. The van der Waals surface area contributed by atoms with Gasteiger partial charge in [-0.1, -0.05) is 6.92 Å². The van der Waals surface area contributed by atoms with E-state index in [1.54, 1.807) is 18.0 Å². The van der Waals surface area contributed by atoms with Crippen LogP contribution in [0.5, 0.6) is 5.75 Å². The molecule has 0 aliphatic heterocycles. The van der Waals surface area contributed by atoms with Crippen LogP contribution < -0.4 is 10.5 Å². The van der Waals surface area contributed by atoms with Crippen LogP contribution in [0.15, 0.2) is 18.2 Å². The van der Waals surface area contributed by atoms with Gasteiger partial charge in [0.05, 0.1) is 0 Å².